The summed E-state index contributed by atoms with van der Waals surface area (Å²) in [6.45, 7) is 0.405. The second kappa shape index (κ2) is 11.4. The van der Waals surface area contributed by atoms with Gasteiger partial charge >= 0.3 is 5.97 Å². The first-order valence-corrected chi connectivity index (χ1v) is 12.1. The SMILES string of the molecule is COc1ccc(C=C(C#N)C(=O)OCC(=O)Nc2ccc(S(=O)(=O)N3CCCCC3)cc2)cc1. The van der Waals surface area contributed by atoms with Crippen LogP contribution in [0, 0.1) is 11.3 Å². The number of hydrogen-bond donors (Lipinski definition) is 1. The number of methoxy groups -OCH3 is 1. The van der Waals surface area contributed by atoms with Crippen molar-refractivity contribution in [1.29, 1.82) is 5.26 Å². The van der Waals surface area contributed by atoms with Crippen LogP contribution in [0.4, 0.5) is 5.69 Å². The van der Waals surface area contributed by atoms with E-state index in [9.17, 15) is 23.3 Å². The van der Waals surface area contributed by atoms with Gasteiger partial charge in [0, 0.05) is 18.8 Å². The summed E-state index contributed by atoms with van der Waals surface area (Å²) in [5.74, 6) is -0.926. The number of nitrogens with zero attached hydrogens (tertiary/aromatic N) is 2. The van der Waals surface area contributed by atoms with Crippen LogP contribution in [0.1, 0.15) is 24.8 Å². The zero-order valence-electron chi connectivity index (χ0n) is 18.7. The molecule has 0 radical (unpaired) electrons. The zero-order valence-corrected chi connectivity index (χ0v) is 19.5. The number of nitrogens with one attached hydrogen (secondary N) is 1. The fraction of sp³-hybridized carbons (Fsp3) is 0.292. The van der Waals surface area contributed by atoms with E-state index in [4.69, 9.17) is 9.47 Å². The molecule has 1 fully saturated rings. The van der Waals surface area contributed by atoms with E-state index < -0.39 is 28.5 Å². The normalized spacial score (nSPS) is 14.6. The van der Waals surface area contributed by atoms with Gasteiger partial charge in [-0.15, -0.1) is 0 Å². The predicted octanol–water partition coefficient (Wildman–Crippen LogP) is 2.96. The molecule has 3 rings (SSSR count). The monoisotopic (exact) mass is 483 g/mol. The molecule has 1 amide bonds. The molecular weight excluding hydrogens is 458 g/mol. The minimum atomic E-state index is -3.56. The Balaban J connectivity index is 1.55. The standard InChI is InChI=1S/C24H25N3O6S/c1-32-21-9-5-18(6-10-21)15-19(16-25)24(29)33-17-23(28)26-20-7-11-22(12-8-20)34(30,31)27-13-3-2-4-14-27/h5-12,15H,2-4,13-14,17H2,1H3,(H,26,28). The third kappa shape index (κ3) is 6.43. The molecule has 0 aromatic heterocycles. The maximum Gasteiger partial charge on any atom is 0.349 e. The molecule has 0 spiro atoms. The summed E-state index contributed by atoms with van der Waals surface area (Å²) in [4.78, 5) is 24.5. The van der Waals surface area contributed by atoms with Crippen molar-refractivity contribution in [3.05, 3.63) is 59.7 Å². The molecule has 1 N–H and O–H groups in total. The lowest BCUT2D eigenvalue weighted by atomic mass is 10.1. The molecule has 1 heterocycles. The second-order valence-corrected chi connectivity index (χ2v) is 9.49. The Morgan fingerprint density at radius 2 is 1.71 bits per heavy atom. The van der Waals surface area contributed by atoms with Crippen LogP contribution in [0.5, 0.6) is 5.75 Å². The van der Waals surface area contributed by atoms with E-state index >= 15 is 0 Å². The van der Waals surface area contributed by atoms with E-state index in [2.05, 4.69) is 5.32 Å². The average Bonchev–Trinajstić information content (AvgIpc) is 2.87. The van der Waals surface area contributed by atoms with Crippen LogP contribution >= 0.6 is 0 Å². The van der Waals surface area contributed by atoms with Crippen molar-refractivity contribution >= 4 is 33.7 Å². The van der Waals surface area contributed by atoms with Gasteiger partial charge in [-0.3, -0.25) is 4.79 Å². The van der Waals surface area contributed by atoms with E-state index in [0.717, 1.165) is 19.3 Å². The zero-order chi connectivity index (χ0) is 24.6. The molecule has 2 aromatic rings. The highest BCUT2D eigenvalue weighted by Gasteiger charge is 2.25. The molecule has 0 atom stereocenters. The molecule has 0 unspecified atom stereocenters. The van der Waals surface area contributed by atoms with E-state index in [1.54, 1.807) is 30.3 Å². The number of carbonyl (C=O) groups excluding carboxylic acids is 2. The van der Waals surface area contributed by atoms with Crippen molar-refractivity contribution in [3.8, 4) is 11.8 Å². The topological polar surface area (TPSA) is 126 Å². The van der Waals surface area contributed by atoms with Gasteiger partial charge in [0.1, 0.15) is 17.4 Å². The Morgan fingerprint density at radius 3 is 2.29 bits per heavy atom. The number of hydrogen-bond acceptors (Lipinski definition) is 7. The van der Waals surface area contributed by atoms with Gasteiger partial charge in [0.25, 0.3) is 5.91 Å². The molecule has 0 aliphatic carbocycles. The van der Waals surface area contributed by atoms with Crippen molar-refractivity contribution in [2.75, 3.05) is 32.1 Å². The molecule has 9 nitrogen and oxygen atoms in total. The van der Waals surface area contributed by atoms with Crippen molar-refractivity contribution in [1.82, 2.24) is 4.31 Å². The van der Waals surface area contributed by atoms with Crippen molar-refractivity contribution in [2.45, 2.75) is 24.2 Å². The number of nitriles is 1. The fourth-order valence-electron chi connectivity index (χ4n) is 3.37. The van der Waals surface area contributed by atoms with E-state index in [1.165, 1.54) is 41.8 Å². The number of anilines is 1. The van der Waals surface area contributed by atoms with Gasteiger partial charge < -0.3 is 14.8 Å². The molecule has 10 heteroatoms. The Labute approximate surface area is 198 Å². The number of piperidine rings is 1. The first-order chi connectivity index (χ1) is 16.3. The van der Waals surface area contributed by atoms with Crippen LogP contribution in [-0.4, -0.2) is 51.4 Å². The van der Waals surface area contributed by atoms with Crippen molar-refractivity contribution in [3.63, 3.8) is 0 Å². The second-order valence-electron chi connectivity index (χ2n) is 7.56. The van der Waals surface area contributed by atoms with Crippen LogP contribution in [0.25, 0.3) is 6.08 Å². The third-order valence-electron chi connectivity index (χ3n) is 5.19. The van der Waals surface area contributed by atoms with Gasteiger partial charge in [0.15, 0.2) is 6.61 Å². The summed E-state index contributed by atoms with van der Waals surface area (Å²) in [5, 5.41) is 11.8. The first-order valence-electron chi connectivity index (χ1n) is 10.7. The van der Waals surface area contributed by atoms with Gasteiger partial charge in [-0.1, -0.05) is 18.6 Å². The minimum Gasteiger partial charge on any atom is -0.497 e. The van der Waals surface area contributed by atoms with Gasteiger partial charge in [-0.05, 0) is 60.9 Å². The van der Waals surface area contributed by atoms with Gasteiger partial charge in [-0.25, -0.2) is 13.2 Å². The summed E-state index contributed by atoms with van der Waals surface area (Å²) in [5.41, 5.74) is 0.691. The highest BCUT2D eigenvalue weighted by Crippen LogP contribution is 2.22. The van der Waals surface area contributed by atoms with E-state index in [1.807, 2.05) is 0 Å². The number of carbonyl (C=O) groups is 2. The lowest BCUT2D eigenvalue weighted by Crippen LogP contribution is -2.35. The molecule has 2 aromatic carbocycles. The number of ether oxygens (including phenoxy) is 2. The van der Waals surface area contributed by atoms with Crippen LogP contribution in [-0.2, 0) is 24.3 Å². The molecule has 0 bridgehead atoms. The first kappa shape index (κ1) is 25.0. The summed E-state index contributed by atoms with van der Waals surface area (Å²) < 4.78 is 36.9. The summed E-state index contributed by atoms with van der Waals surface area (Å²) in [6.07, 6.45) is 4.06. The fourth-order valence-corrected chi connectivity index (χ4v) is 4.89. The molecule has 34 heavy (non-hydrogen) atoms. The maximum absolute atomic E-state index is 12.7. The number of amides is 1. The maximum atomic E-state index is 12.7. The highest BCUT2D eigenvalue weighted by atomic mass is 32.2. The highest BCUT2D eigenvalue weighted by molar-refractivity contribution is 7.89. The summed E-state index contributed by atoms with van der Waals surface area (Å²) in [7, 11) is -2.04. The number of rotatable bonds is 8. The molecule has 1 aliphatic heterocycles. The van der Waals surface area contributed by atoms with Gasteiger partial charge in [0.2, 0.25) is 10.0 Å². The predicted molar refractivity (Wildman–Crippen MR) is 125 cm³/mol. The number of esters is 1. The smallest absolute Gasteiger partial charge is 0.349 e. The Morgan fingerprint density at radius 1 is 1.06 bits per heavy atom. The summed E-state index contributed by atoms with van der Waals surface area (Å²) in [6, 6.07) is 14.3. The van der Waals surface area contributed by atoms with Gasteiger partial charge in [0.05, 0.1) is 12.0 Å². The van der Waals surface area contributed by atoms with E-state index in [0.29, 0.717) is 30.1 Å². The molecule has 1 aliphatic rings. The van der Waals surface area contributed by atoms with Crippen molar-refractivity contribution in [2.24, 2.45) is 0 Å². The van der Waals surface area contributed by atoms with Crippen LogP contribution < -0.4 is 10.1 Å². The van der Waals surface area contributed by atoms with Crippen LogP contribution in [0.15, 0.2) is 59.0 Å². The van der Waals surface area contributed by atoms with Crippen LogP contribution in [0.2, 0.25) is 0 Å². The van der Waals surface area contributed by atoms with Gasteiger partial charge in [-0.2, -0.15) is 9.57 Å². The number of sulfonamides is 1. The lowest BCUT2D eigenvalue weighted by molar-refractivity contribution is -0.142. The molecule has 0 saturated carbocycles. The molecule has 178 valence electrons. The minimum absolute atomic E-state index is 0.154. The quantitative estimate of drug-likeness (QED) is 0.347. The van der Waals surface area contributed by atoms with Crippen molar-refractivity contribution < 1.29 is 27.5 Å². The summed E-state index contributed by atoms with van der Waals surface area (Å²) >= 11 is 0. The average molecular weight is 484 g/mol. The molecule has 1 saturated heterocycles. The van der Waals surface area contributed by atoms with Crippen LogP contribution in [0.3, 0.4) is 0 Å². The largest absolute Gasteiger partial charge is 0.497 e. The lowest BCUT2D eigenvalue weighted by Gasteiger charge is -2.25. The Hall–Kier alpha value is -3.68. The third-order valence-corrected chi connectivity index (χ3v) is 7.11. The molecular formula is C24H25N3O6S. The Kier molecular flexibility index (Phi) is 8.40. The Bertz CT molecular complexity index is 1190. The van der Waals surface area contributed by atoms with E-state index in [-0.39, 0.29) is 10.5 Å². The number of benzene rings is 2.